The molecule has 2 aromatic rings. The normalized spacial score (nSPS) is 13.8. The number of rotatable bonds is 3. The lowest BCUT2D eigenvalue weighted by atomic mass is 10.1. The summed E-state index contributed by atoms with van der Waals surface area (Å²) in [4.78, 5) is 12.3. The number of benzene rings is 2. The molecule has 0 fully saturated rings. The molecule has 1 aliphatic rings. The molecule has 0 saturated carbocycles. The van der Waals surface area contributed by atoms with Crippen LogP contribution in [0.25, 0.3) is 6.08 Å². The average Bonchev–Trinajstić information content (AvgIpc) is 2.78. The summed E-state index contributed by atoms with van der Waals surface area (Å²) in [5.74, 6) is 1.14. The molecule has 0 amide bonds. The number of hydrogen-bond acceptors (Lipinski definition) is 3. The van der Waals surface area contributed by atoms with Crippen molar-refractivity contribution in [1.82, 2.24) is 0 Å². The van der Waals surface area contributed by atoms with E-state index in [-0.39, 0.29) is 5.78 Å². The van der Waals surface area contributed by atoms with E-state index in [1.54, 1.807) is 42.5 Å². The van der Waals surface area contributed by atoms with Crippen molar-refractivity contribution >= 4 is 35.1 Å². The molecular weight excluding hydrogens is 335 g/mol. The van der Waals surface area contributed by atoms with Crippen molar-refractivity contribution in [3.63, 3.8) is 0 Å². The Morgan fingerprint density at radius 2 is 1.78 bits per heavy atom. The minimum Gasteiger partial charge on any atom is -0.490 e. The molecule has 1 heterocycles. The third kappa shape index (κ3) is 3.87. The van der Waals surface area contributed by atoms with Crippen LogP contribution in [0.2, 0.25) is 10.0 Å². The third-order valence-electron chi connectivity index (χ3n) is 3.41. The van der Waals surface area contributed by atoms with Crippen molar-refractivity contribution in [2.75, 3.05) is 13.2 Å². The van der Waals surface area contributed by atoms with Crippen LogP contribution in [-0.4, -0.2) is 19.0 Å². The fraction of sp³-hybridized carbons (Fsp3) is 0.167. The SMILES string of the molecule is O=C(/C=C/c1ccc(Cl)cc1Cl)c1ccc2c(c1)OCCCO2. The van der Waals surface area contributed by atoms with Gasteiger partial charge in [0.05, 0.1) is 13.2 Å². The van der Waals surface area contributed by atoms with Gasteiger partial charge in [0.25, 0.3) is 0 Å². The monoisotopic (exact) mass is 348 g/mol. The van der Waals surface area contributed by atoms with E-state index in [0.717, 1.165) is 12.0 Å². The second kappa shape index (κ2) is 7.07. The van der Waals surface area contributed by atoms with Gasteiger partial charge in [-0.25, -0.2) is 0 Å². The number of carbonyl (C=O) groups excluding carboxylic acids is 1. The summed E-state index contributed by atoms with van der Waals surface area (Å²) >= 11 is 11.9. The quantitative estimate of drug-likeness (QED) is 0.575. The smallest absolute Gasteiger partial charge is 0.185 e. The Hall–Kier alpha value is -1.97. The van der Waals surface area contributed by atoms with Crippen molar-refractivity contribution in [3.8, 4) is 11.5 Å². The predicted octanol–water partition coefficient (Wildman–Crippen LogP) is 5.05. The van der Waals surface area contributed by atoms with Crippen LogP contribution in [0.4, 0.5) is 0 Å². The van der Waals surface area contributed by atoms with E-state index in [1.165, 1.54) is 6.08 Å². The molecular formula is C18H14Cl2O3. The minimum atomic E-state index is -0.133. The van der Waals surface area contributed by atoms with E-state index in [1.807, 2.05) is 0 Å². The topological polar surface area (TPSA) is 35.5 Å². The number of hydrogen-bond donors (Lipinski definition) is 0. The summed E-state index contributed by atoms with van der Waals surface area (Å²) in [5.41, 5.74) is 1.27. The predicted molar refractivity (Wildman–Crippen MR) is 91.9 cm³/mol. The maximum atomic E-state index is 12.3. The zero-order chi connectivity index (χ0) is 16.2. The molecule has 0 N–H and O–H groups in total. The fourth-order valence-electron chi connectivity index (χ4n) is 2.21. The van der Waals surface area contributed by atoms with Gasteiger partial charge in [0.2, 0.25) is 0 Å². The summed E-state index contributed by atoms with van der Waals surface area (Å²) in [6.45, 7) is 1.20. The first-order valence-electron chi connectivity index (χ1n) is 7.20. The molecule has 0 radical (unpaired) electrons. The van der Waals surface area contributed by atoms with E-state index in [0.29, 0.717) is 40.3 Å². The van der Waals surface area contributed by atoms with Crippen molar-refractivity contribution < 1.29 is 14.3 Å². The second-order valence-corrected chi connectivity index (χ2v) is 5.92. The van der Waals surface area contributed by atoms with Crippen molar-refractivity contribution in [1.29, 1.82) is 0 Å². The zero-order valence-corrected chi connectivity index (χ0v) is 13.7. The summed E-state index contributed by atoms with van der Waals surface area (Å²) in [5, 5.41) is 1.06. The Morgan fingerprint density at radius 3 is 2.57 bits per heavy atom. The van der Waals surface area contributed by atoms with E-state index in [9.17, 15) is 4.79 Å². The number of halogens is 2. The highest BCUT2D eigenvalue weighted by molar-refractivity contribution is 6.35. The molecule has 0 unspecified atom stereocenters. The maximum absolute atomic E-state index is 12.3. The molecule has 0 spiro atoms. The van der Waals surface area contributed by atoms with E-state index >= 15 is 0 Å². The molecule has 1 aliphatic heterocycles. The first kappa shape index (κ1) is 15.9. The Labute approximate surface area is 144 Å². The number of ketones is 1. The standard InChI is InChI=1S/C18H14Cl2O3/c19-14-5-2-12(15(20)11-14)3-6-16(21)13-4-7-17-18(10-13)23-9-1-8-22-17/h2-7,10-11H,1,8-9H2/b6-3+. The molecule has 0 atom stereocenters. The zero-order valence-electron chi connectivity index (χ0n) is 12.2. The summed E-state index contributed by atoms with van der Waals surface area (Å²) in [6.07, 6.45) is 3.98. The average molecular weight is 349 g/mol. The van der Waals surface area contributed by atoms with Crippen LogP contribution in [0, 0.1) is 0 Å². The Balaban J connectivity index is 1.80. The van der Waals surface area contributed by atoms with Crippen LogP contribution >= 0.6 is 23.2 Å². The minimum absolute atomic E-state index is 0.133. The first-order chi connectivity index (χ1) is 11.1. The van der Waals surface area contributed by atoms with Gasteiger partial charge in [-0.15, -0.1) is 0 Å². The van der Waals surface area contributed by atoms with E-state index < -0.39 is 0 Å². The lowest BCUT2D eigenvalue weighted by molar-refractivity contribution is 0.104. The van der Waals surface area contributed by atoms with Gasteiger partial charge in [0.15, 0.2) is 17.3 Å². The Kier molecular flexibility index (Phi) is 4.89. The first-order valence-corrected chi connectivity index (χ1v) is 7.96. The van der Waals surface area contributed by atoms with Gasteiger partial charge in [-0.05, 0) is 48.0 Å². The summed E-state index contributed by atoms with van der Waals surface area (Å²) in [6, 6.07) is 10.3. The molecule has 118 valence electrons. The second-order valence-electron chi connectivity index (χ2n) is 5.08. The molecule has 5 heteroatoms. The van der Waals surface area contributed by atoms with Gasteiger partial charge in [0.1, 0.15) is 0 Å². The number of allylic oxidation sites excluding steroid dienone is 1. The summed E-state index contributed by atoms with van der Waals surface area (Å²) in [7, 11) is 0. The molecule has 0 aliphatic carbocycles. The Morgan fingerprint density at radius 1 is 1.00 bits per heavy atom. The number of carbonyl (C=O) groups is 1. The molecule has 2 aromatic carbocycles. The molecule has 0 aromatic heterocycles. The highest BCUT2D eigenvalue weighted by Gasteiger charge is 2.13. The van der Waals surface area contributed by atoms with Crippen LogP contribution in [0.1, 0.15) is 22.3 Å². The lowest BCUT2D eigenvalue weighted by Crippen LogP contribution is -1.98. The van der Waals surface area contributed by atoms with Crippen LogP contribution in [-0.2, 0) is 0 Å². The fourth-order valence-corrected chi connectivity index (χ4v) is 2.69. The number of ether oxygens (including phenoxy) is 2. The highest BCUT2D eigenvalue weighted by Crippen LogP contribution is 2.30. The van der Waals surface area contributed by atoms with Gasteiger partial charge in [-0.1, -0.05) is 29.3 Å². The van der Waals surface area contributed by atoms with Crippen LogP contribution in [0.5, 0.6) is 11.5 Å². The van der Waals surface area contributed by atoms with Gasteiger partial charge in [0, 0.05) is 22.0 Å². The van der Waals surface area contributed by atoms with E-state index in [4.69, 9.17) is 32.7 Å². The van der Waals surface area contributed by atoms with Gasteiger partial charge in [-0.2, -0.15) is 0 Å². The third-order valence-corrected chi connectivity index (χ3v) is 3.97. The van der Waals surface area contributed by atoms with Gasteiger partial charge < -0.3 is 9.47 Å². The molecule has 0 saturated heterocycles. The number of fused-ring (bicyclic) bond motifs is 1. The molecule has 0 bridgehead atoms. The summed E-state index contributed by atoms with van der Waals surface area (Å²) < 4.78 is 11.2. The Bertz CT molecular complexity index is 769. The van der Waals surface area contributed by atoms with Gasteiger partial charge in [-0.3, -0.25) is 4.79 Å². The molecule has 23 heavy (non-hydrogen) atoms. The van der Waals surface area contributed by atoms with Crippen LogP contribution < -0.4 is 9.47 Å². The maximum Gasteiger partial charge on any atom is 0.185 e. The van der Waals surface area contributed by atoms with Crippen LogP contribution in [0.15, 0.2) is 42.5 Å². The van der Waals surface area contributed by atoms with Crippen molar-refractivity contribution in [2.45, 2.75) is 6.42 Å². The van der Waals surface area contributed by atoms with Gasteiger partial charge >= 0.3 is 0 Å². The van der Waals surface area contributed by atoms with Crippen molar-refractivity contribution in [2.24, 2.45) is 0 Å². The van der Waals surface area contributed by atoms with E-state index in [2.05, 4.69) is 0 Å². The highest BCUT2D eigenvalue weighted by atomic mass is 35.5. The van der Waals surface area contributed by atoms with Crippen molar-refractivity contribution in [3.05, 3.63) is 63.6 Å². The van der Waals surface area contributed by atoms with Crippen LogP contribution in [0.3, 0.4) is 0 Å². The molecule has 3 nitrogen and oxygen atoms in total. The molecule has 3 rings (SSSR count). The lowest BCUT2D eigenvalue weighted by Gasteiger charge is -2.07. The largest absolute Gasteiger partial charge is 0.490 e.